The predicted octanol–water partition coefficient (Wildman–Crippen LogP) is -4.35. The van der Waals surface area contributed by atoms with E-state index in [1.54, 1.807) is 0 Å². The molecule has 0 aromatic rings. The third-order valence-corrected chi connectivity index (χ3v) is 1.81. The number of rotatable bonds is 6. The molecule has 0 saturated carbocycles. The summed E-state index contributed by atoms with van der Waals surface area (Å²) in [5, 5.41) is 58.4. The predicted molar refractivity (Wildman–Crippen MR) is 66.6 cm³/mol. The molecule has 0 radical (unpaired) electrons. The minimum atomic E-state index is -1.79. The van der Waals surface area contributed by atoms with Crippen molar-refractivity contribution in [2.45, 2.75) is 37.4 Å². The molecule has 0 amide bonds. The molecule has 5 atom stereocenters. The number of aliphatic hydroxyl groups is 6. The first-order chi connectivity index (χ1) is 9.18. The van der Waals surface area contributed by atoms with E-state index in [1.807, 2.05) is 0 Å². The van der Waals surface area contributed by atoms with Crippen LogP contribution in [-0.4, -0.2) is 92.2 Å². The number of aliphatic carboxylic acids is 1. The van der Waals surface area contributed by atoms with E-state index in [9.17, 15) is 9.59 Å². The molecule has 0 aromatic heterocycles. The Kier molecular flexibility index (Phi) is 17.1. The van der Waals surface area contributed by atoms with Crippen molar-refractivity contribution in [1.29, 1.82) is 0 Å². The zero-order valence-electron chi connectivity index (χ0n) is 11.2. The smallest absolute Gasteiger partial charge is 0.320 e. The fourth-order valence-corrected chi connectivity index (χ4v) is 0.618. The van der Waals surface area contributed by atoms with Crippen LogP contribution in [0.1, 0.15) is 6.92 Å². The molecule has 20 heavy (non-hydrogen) atoms. The van der Waals surface area contributed by atoms with Gasteiger partial charge >= 0.3 is 5.97 Å². The van der Waals surface area contributed by atoms with Crippen LogP contribution < -0.4 is 5.73 Å². The molecule has 0 aliphatic carbocycles. The van der Waals surface area contributed by atoms with Crippen LogP contribution in [0.5, 0.6) is 0 Å². The molecule has 9 N–H and O–H groups in total. The van der Waals surface area contributed by atoms with Gasteiger partial charge < -0.3 is 46.3 Å². The van der Waals surface area contributed by atoms with Crippen molar-refractivity contribution in [3.8, 4) is 0 Å². The van der Waals surface area contributed by atoms with Gasteiger partial charge in [-0.25, -0.2) is 0 Å². The van der Waals surface area contributed by atoms with E-state index < -0.39 is 43.0 Å². The molecule has 0 aromatic carbocycles. The third-order valence-electron chi connectivity index (χ3n) is 1.81. The number of nitrogens with two attached hydrogens (primary N) is 1. The summed E-state index contributed by atoms with van der Waals surface area (Å²) in [5.74, 6) is -0.963. The van der Waals surface area contributed by atoms with Crippen molar-refractivity contribution in [3.63, 3.8) is 0 Å². The van der Waals surface area contributed by atoms with Gasteiger partial charge in [-0.2, -0.15) is 0 Å². The van der Waals surface area contributed by atoms with Crippen LogP contribution in [-0.2, 0) is 9.59 Å². The van der Waals surface area contributed by atoms with Crippen molar-refractivity contribution in [2.24, 2.45) is 5.73 Å². The third kappa shape index (κ3) is 11.9. The minimum absolute atomic E-state index is 0.0258. The van der Waals surface area contributed by atoms with Gasteiger partial charge in [-0.15, -0.1) is 0 Å². The summed E-state index contributed by atoms with van der Waals surface area (Å²) in [7, 11) is 1.00. The first kappa shape index (κ1) is 23.9. The Morgan fingerprint density at radius 1 is 1.15 bits per heavy atom. The number of hydrogen-bond acceptors (Lipinski definition) is 9. The maximum Gasteiger partial charge on any atom is 0.320 e. The van der Waals surface area contributed by atoms with Gasteiger partial charge in [0.2, 0.25) is 0 Å². The van der Waals surface area contributed by atoms with Crippen molar-refractivity contribution >= 4 is 12.3 Å². The maximum atomic E-state index is 9.90. The zero-order valence-corrected chi connectivity index (χ0v) is 11.2. The fourth-order valence-electron chi connectivity index (χ4n) is 0.618. The summed E-state index contributed by atoms with van der Waals surface area (Å²) in [6.45, 7) is 0.659. The van der Waals surface area contributed by atoms with Crippen LogP contribution in [0.25, 0.3) is 0 Å². The lowest BCUT2D eigenvalue weighted by Crippen LogP contribution is -2.46. The molecule has 0 heterocycles. The van der Waals surface area contributed by atoms with Gasteiger partial charge in [0.05, 0.1) is 6.61 Å². The number of carbonyl (C=O) groups is 2. The molecule has 0 aliphatic rings. The lowest BCUT2D eigenvalue weighted by Gasteiger charge is -2.22. The summed E-state index contributed by atoms with van der Waals surface area (Å²) < 4.78 is 0. The first-order valence-electron chi connectivity index (χ1n) is 5.40. The first-order valence-corrected chi connectivity index (χ1v) is 5.40. The van der Waals surface area contributed by atoms with Crippen LogP contribution in [0.4, 0.5) is 0 Å². The molecule has 10 heteroatoms. The molecule has 0 spiro atoms. The standard InChI is InChI=1S/C6H12O6.C3H7NO2.CH4O/c7-1-3(9)5(11)6(12)4(10)2-8;1-2(4)3(5)6;1-2/h1,3-6,8-12H,2H2;2H,4H2,1H3,(H,5,6);2H,1H3/t3-,4+,5+,6+;;/m0../s1. The molecular formula is C10H23NO9. The summed E-state index contributed by atoms with van der Waals surface area (Å²) in [6, 6.07) is -0.731. The Hall–Kier alpha value is -1.14. The number of carboxylic acid groups (broad SMARTS) is 1. The molecule has 122 valence electrons. The largest absolute Gasteiger partial charge is 0.480 e. The Morgan fingerprint density at radius 2 is 1.50 bits per heavy atom. The fraction of sp³-hybridized carbons (Fsp3) is 0.800. The van der Waals surface area contributed by atoms with E-state index in [0.29, 0.717) is 0 Å². The summed E-state index contributed by atoms with van der Waals surface area (Å²) in [4.78, 5) is 19.5. The lowest BCUT2D eigenvalue weighted by molar-refractivity contribution is -0.138. The highest BCUT2D eigenvalue weighted by Gasteiger charge is 2.29. The lowest BCUT2D eigenvalue weighted by atomic mass is 10.0. The Balaban J connectivity index is -0.000000304. The van der Waals surface area contributed by atoms with Crippen LogP contribution >= 0.6 is 0 Å². The second-order valence-corrected chi connectivity index (χ2v) is 3.48. The van der Waals surface area contributed by atoms with Gasteiger partial charge in [0.25, 0.3) is 0 Å². The van der Waals surface area contributed by atoms with Gasteiger partial charge in [0.15, 0.2) is 6.29 Å². The van der Waals surface area contributed by atoms with Crippen molar-refractivity contribution in [2.75, 3.05) is 13.7 Å². The average molecular weight is 301 g/mol. The summed E-state index contributed by atoms with van der Waals surface area (Å²) in [5.41, 5.74) is 4.84. The summed E-state index contributed by atoms with van der Waals surface area (Å²) >= 11 is 0. The van der Waals surface area contributed by atoms with Crippen LogP contribution in [0.15, 0.2) is 0 Å². The average Bonchev–Trinajstić information content (AvgIpc) is 2.46. The number of carboxylic acids is 1. The van der Waals surface area contributed by atoms with Crippen LogP contribution in [0.3, 0.4) is 0 Å². The quantitative estimate of drug-likeness (QED) is 0.221. The number of aliphatic hydroxyl groups excluding tert-OH is 6. The normalized spacial score (nSPS) is 17.1. The van der Waals surface area contributed by atoms with Gasteiger partial charge in [-0.1, -0.05) is 0 Å². The summed E-state index contributed by atoms with van der Waals surface area (Å²) in [6.07, 6.45) is -6.84. The molecule has 0 bridgehead atoms. The van der Waals surface area contributed by atoms with Crippen molar-refractivity contribution in [3.05, 3.63) is 0 Å². The van der Waals surface area contributed by atoms with Crippen LogP contribution in [0.2, 0.25) is 0 Å². The zero-order chi connectivity index (χ0) is 16.9. The second-order valence-electron chi connectivity index (χ2n) is 3.48. The van der Waals surface area contributed by atoms with E-state index in [4.69, 9.17) is 41.5 Å². The van der Waals surface area contributed by atoms with Crippen LogP contribution in [0, 0.1) is 0 Å². The molecule has 10 nitrogen and oxygen atoms in total. The van der Waals surface area contributed by atoms with Gasteiger partial charge in [0, 0.05) is 7.11 Å². The van der Waals surface area contributed by atoms with Gasteiger partial charge in [-0.3, -0.25) is 4.79 Å². The maximum absolute atomic E-state index is 9.90. The SMILES string of the molecule is CC(N)C(=O)O.CO.O=C[C@H](O)[C@@H](O)[C@H](O)[C@H](O)CO. The topological polar surface area (TPSA) is 202 Å². The van der Waals surface area contributed by atoms with E-state index in [0.717, 1.165) is 7.11 Å². The molecule has 0 rings (SSSR count). The van der Waals surface area contributed by atoms with Crippen molar-refractivity contribution < 1.29 is 45.3 Å². The monoisotopic (exact) mass is 301 g/mol. The Bertz CT molecular complexity index is 249. The minimum Gasteiger partial charge on any atom is -0.480 e. The highest BCUT2D eigenvalue weighted by molar-refractivity contribution is 5.72. The second kappa shape index (κ2) is 14.3. The molecular weight excluding hydrogens is 278 g/mol. The number of carbonyl (C=O) groups excluding carboxylic acids is 1. The van der Waals surface area contributed by atoms with E-state index in [-0.39, 0.29) is 6.29 Å². The molecule has 1 unspecified atom stereocenters. The highest BCUT2D eigenvalue weighted by Crippen LogP contribution is 2.02. The number of aldehydes is 1. The Labute approximate surface area is 115 Å². The van der Waals surface area contributed by atoms with E-state index >= 15 is 0 Å². The highest BCUT2D eigenvalue weighted by atomic mass is 16.4. The molecule has 0 saturated heterocycles. The van der Waals surface area contributed by atoms with Gasteiger partial charge in [0.1, 0.15) is 30.5 Å². The van der Waals surface area contributed by atoms with Crippen molar-refractivity contribution in [1.82, 2.24) is 0 Å². The number of hydrogen-bond donors (Lipinski definition) is 8. The molecule has 0 fully saturated rings. The molecule has 0 aliphatic heterocycles. The van der Waals surface area contributed by atoms with E-state index in [1.165, 1.54) is 6.92 Å². The van der Waals surface area contributed by atoms with Gasteiger partial charge in [-0.05, 0) is 6.92 Å². The Morgan fingerprint density at radius 3 is 1.70 bits per heavy atom. The van der Waals surface area contributed by atoms with E-state index in [2.05, 4.69) is 0 Å².